The Morgan fingerprint density at radius 1 is 1.58 bits per heavy atom. The summed E-state index contributed by atoms with van der Waals surface area (Å²) >= 11 is 3.21. The number of nitro benzene ring substituents is 1. The summed E-state index contributed by atoms with van der Waals surface area (Å²) in [7, 11) is 0. The molecule has 1 atom stereocenters. The number of aromatic carboxylic acids is 1. The predicted molar refractivity (Wildman–Crippen MR) is 70.6 cm³/mol. The molecule has 1 aromatic carbocycles. The zero-order valence-corrected chi connectivity index (χ0v) is 11.3. The quantitative estimate of drug-likeness (QED) is 0.648. The Morgan fingerprint density at radius 3 is 2.84 bits per heavy atom. The van der Waals surface area contributed by atoms with Crippen molar-refractivity contribution in [3.63, 3.8) is 0 Å². The van der Waals surface area contributed by atoms with Crippen LogP contribution in [0.1, 0.15) is 16.8 Å². The van der Waals surface area contributed by atoms with Crippen molar-refractivity contribution in [1.29, 1.82) is 0 Å². The molecule has 1 unspecified atom stereocenters. The fourth-order valence-corrected chi connectivity index (χ4v) is 2.31. The van der Waals surface area contributed by atoms with Gasteiger partial charge in [0.15, 0.2) is 0 Å². The van der Waals surface area contributed by atoms with Gasteiger partial charge in [-0.05, 0) is 28.4 Å². The number of nitrogens with one attached hydrogen (secondary N) is 1. The number of ether oxygens (including phenoxy) is 1. The molecule has 1 aromatic rings. The summed E-state index contributed by atoms with van der Waals surface area (Å²) < 4.78 is 5.66. The monoisotopic (exact) mass is 330 g/mol. The minimum Gasteiger partial charge on any atom is -0.477 e. The van der Waals surface area contributed by atoms with Crippen LogP contribution in [-0.4, -0.2) is 35.3 Å². The molecule has 19 heavy (non-hydrogen) atoms. The summed E-state index contributed by atoms with van der Waals surface area (Å²) in [6.45, 7) is 1.18. The maximum absolute atomic E-state index is 11.1. The van der Waals surface area contributed by atoms with E-state index in [4.69, 9.17) is 9.84 Å². The smallest absolute Gasteiger partial charge is 0.342 e. The number of nitro groups is 1. The lowest BCUT2D eigenvalue weighted by Crippen LogP contribution is -2.19. The number of carboxylic acids is 1. The first-order valence-electron chi connectivity index (χ1n) is 5.54. The van der Waals surface area contributed by atoms with Crippen LogP contribution in [0.3, 0.4) is 0 Å². The van der Waals surface area contributed by atoms with E-state index in [0.29, 0.717) is 23.4 Å². The number of carboxylic acid groups (broad SMARTS) is 1. The summed E-state index contributed by atoms with van der Waals surface area (Å²) in [5.74, 6) is -1.33. The van der Waals surface area contributed by atoms with Gasteiger partial charge in [-0.25, -0.2) is 4.79 Å². The van der Waals surface area contributed by atoms with E-state index in [9.17, 15) is 14.9 Å². The summed E-state index contributed by atoms with van der Waals surface area (Å²) in [5.41, 5.74) is -0.263. The molecule has 1 fully saturated rings. The van der Waals surface area contributed by atoms with E-state index in [1.54, 1.807) is 0 Å². The summed E-state index contributed by atoms with van der Waals surface area (Å²) in [5, 5.41) is 22.9. The Hall–Kier alpha value is -1.67. The summed E-state index contributed by atoms with van der Waals surface area (Å²) in [6, 6.07) is 2.55. The highest BCUT2D eigenvalue weighted by molar-refractivity contribution is 9.10. The van der Waals surface area contributed by atoms with E-state index in [-0.39, 0.29) is 11.6 Å². The molecule has 1 aliphatic rings. The molecule has 1 heterocycles. The molecule has 0 bridgehead atoms. The van der Waals surface area contributed by atoms with Crippen molar-refractivity contribution in [2.75, 3.05) is 18.5 Å². The molecule has 102 valence electrons. The standard InChI is InChI=1S/C11H11BrN2O5/c12-8-4-10(14(17)18)7(11(15)16)3-9(8)13-6-1-2-19-5-6/h3-4,6,13H,1-2,5H2,(H,15,16). The highest BCUT2D eigenvalue weighted by atomic mass is 79.9. The molecule has 7 nitrogen and oxygen atoms in total. The van der Waals surface area contributed by atoms with Gasteiger partial charge in [0.2, 0.25) is 0 Å². The van der Waals surface area contributed by atoms with E-state index in [0.717, 1.165) is 6.42 Å². The van der Waals surface area contributed by atoms with Gasteiger partial charge in [0.1, 0.15) is 5.56 Å². The molecule has 0 spiro atoms. The van der Waals surface area contributed by atoms with Crippen LogP contribution in [-0.2, 0) is 4.74 Å². The Bertz CT molecular complexity index is 528. The topological polar surface area (TPSA) is 102 Å². The number of rotatable bonds is 4. The van der Waals surface area contributed by atoms with E-state index in [1.165, 1.54) is 12.1 Å². The Kier molecular flexibility index (Phi) is 4.01. The Balaban J connectivity index is 2.36. The van der Waals surface area contributed by atoms with Crippen molar-refractivity contribution < 1.29 is 19.6 Å². The molecule has 0 aliphatic carbocycles. The van der Waals surface area contributed by atoms with Crippen molar-refractivity contribution >= 4 is 33.3 Å². The second-order valence-electron chi connectivity index (χ2n) is 4.12. The van der Waals surface area contributed by atoms with Gasteiger partial charge < -0.3 is 15.2 Å². The molecule has 2 N–H and O–H groups in total. The first-order chi connectivity index (χ1) is 8.99. The Labute approximate surface area is 116 Å². The van der Waals surface area contributed by atoms with Crippen molar-refractivity contribution in [1.82, 2.24) is 0 Å². The molecule has 0 radical (unpaired) electrons. The van der Waals surface area contributed by atoms with Gasteiger partial charge in [-0.3, -0.25) is 10.1 Å². The van der Waals surface area contributed by atoms with Gasteiger partial charge in [-0.2, -0.15) is 0 Å². The van der Waals surface area contributed by atoms with Crippen molar-refractivity contribution in [3.05, 3.63) is 32.3 Å². The average molecular weight is 331 g/mol. The zero-order valence-electron chi connectivity index (χ0n) is 9.76. The fraction of sp³-hybridized carbons (Fsp3) is 0.364. The van der Waals surface area contributed by atoms with Crippen LogP contribution in [0, 0.1) is 10.1 Å². The number of nitrogens with zero attached hydrogens (tertiary/aromatic N) is 1. The average Bonchev–Trinajstić information content (AvgIpc) is 2.83. The van der Waals surface area contributed by atoms with Crippen molar-refractivity contribution in [2.24, 2.45) is 0 Å². The third kappa shape index (κ3) is 3.02. The Morgan fingerprint density at radius 2 is 2.32 bits per heavy atom. The SMILES string of the molecule is O=C(O)c1cc(NC2CCOC2)c(Br)cc1[N+](=O)[O-]. The molecule has 1 aliphatic heterocycles. The van der Waals surface area contributed by atoms with Gasteiger partial charge in [0.25, 0.3) is 5.69 Å². The maximum Gasteiger partial charge on any atom is 0.342 e. The first-order valence-corrected chi connectivity index (χ1v) is 6.34. The third-order valence-electron chi connectivity index (χ3n) is 2.80. The first kappa shape index (κ1) is 13.8. The van der Waals surface area contributed by atoms with Crippen LogP contribution in [0.2, 0.25) is 0 Å². The zero-order chi connectivity index (χ0) is 14.0. The molecule has 2 rings (SSSR count). The molecular weight excluding hydrogens is 320 g/mol. The molecule has 8 heteroatoms. The highest BCUT2D eigenvalue weighted by Gasteiger charge is 2.24. The van der Waals surface area contributed by atoms with Crippen molar-refractivity contribution in [3.8, 4) is 0 Å². The highest BCUT2D eigenvalue weighted by Crippen LogP contribution is 2.32. The van der Waals surface area contributed by atoms with Gasteiger partial charge in [-0.1, -0.05) is 0 Å². The third-order valence-corrected chi connectivity index (χ3v) is 3.46. The number of carbonyl (C=O) groups is 1. The van der Waals surface area contributed by atoms with Crippen LogP contribution >= 0.6 is 15.9 Å². The van der Waals surface area contributed by atoms with Crippen LogP contribution in [0.4, 0.5) is 11.4 Å². The summed E-state index contributed by atoms with van der Waals surface area (Å²) in [4.78, 5) is 21.2. The fourth-order valence-electron chi connectivity index (χ4n) is 1.86. The number of hydrogen-bond donors (Lipinski definition) is 2. The largest absolute Gasteiger partial charge is 0.477 e. The predicted octanol–water partition coefficient (Wildman–Crippen LogP) is 2.26. The van der Waals surface area contributed by atoms with E-state index < -0.39 is 16.6 Å². The maximum atomic E-state index is 11.1. The lowest BCUT2D eigenvalue weighted by molar-refractivity contribution is -0.385. The minimum absolute atomic E-state index is 0.0828. The molecule has 0 saturated carbocycles. The number of halogens is 1. The van der Waals surface area contributed by atoms with Gasteiger partial charge in [0, 0.05) is 17.1 Å². The van der Waals surface area contributed by atoms with E-state index >= 15 is 0 Å². The second kappa shape index (κ2) is 5.54. The van der Waals surface area contributed by atoms with E-state index in [1.807, 2.05) is 0 Å². The molecule has 1 saturated heterocycles. The van der Waals surface area contributed by atoms with Crippen molar-refractivity contribution in [2.45, 2.75) is 12.5 Å². The van der Waals surface area contributed by atoms with E-state index in [2.05, 4.69) is 21.2 Å². The molecular formula is C11H11BrN2O5. The van der Waals surface area contributed by atoms with Gasteiger partial charge >= 0.3 is 5.97 Å². The molecule has 0 amide bonds. The number of anilines is 1. The van der Waals surface area contributed by atoms with Gasteiger partial charge in [0.05, 0.1) is 23.3 Å². The lowest BCUT2D eigenvalue weighted by atomic mass is 10.1. The number of benzene rings is 1. The lowest BCUT2D eigenvalue weighted by Gasteiger charge is -2.14. The minimum atomic E-state index is -1.33. The number of hydrogen-bond acceptors (Lipinski definition) is 5. The molecule has 0 aromatic heterocycles. The van der Waals surface area contributed by atoms with Crippen LogP contribution in [0.25, 0.3) is 0 Å². The van der Waals surface area contributed by atoms with Crippen LogP contribution < -0.4 is 5.32 Å². The van der Waals surface area contributed by atoms with Crippen LogP contribution in [0.5, 0.6) is 0 Å². The normalized spacial score (nSPS) is 18.3. The second-order valence-corrected chi connectivity index (χ2v) is 4.97. The van der Waals surface area contributed by atoms with Gasteiger partial charge in [-0.15, -0.1) is 0 Å². The summed E-state index contributed by atoms with van der Waals surface area (Å²) in [6.07, 6.45) is 0.811. The van der Waals surface area contributed by atoms with Crippen LogP contribution in [0.15, 0.2) is 16.6 Å².